The van der Waals surface area contributed by atoms with Gasteiger partial charge in [0.25, 0.3) is 5.56 Å². The van der Waals surface area contributed by atoms with Gasteiger partial charge in [-0.25, -0.2) is 9.59 Å². The van der Waals surface area contributed by atoms with Crippen molar-refractivity contribution < 1.29 is 14.6 Å². The molecule has 7 heteroatoms. The highest BCUT2D eigenvalue weighted by atomic mass is 16.5. The van der Waals surface area contributed by atoms with E-state index in [1.165, 1.54) is 20.2 Å². The lowest BCUT2D eigenvalue weighted by atomic mass is 10.2. The molecule has 1 heterocycles. The first-order valence-corrected chi connectivity index (χ1v) is 5.01. The van der Waals surface area contributed by atoms with Gasteiger partial charge in [-0.15, -0.1) is 0 Å². The molecule has 0 atom stereocenters. The summed E-state index contributed by atoms with van der Waals surface area (Å²) in [6.45, 7) is 0. The quantitative estimate of drug-likeness (QED) is 0.782. The zero-order chi connectivity index (χ0) is 13.4. The van der Waals surface area contributed by atoms with Crippen molar-refractivity contribution in [1.29, 1.82) is 0 Å². The number of aryl methyl sites for hydroxylation is 1. The molecule has 18 heavy (non-hydrogen) atoms. The molecule has 0 radical (unpaired) electrons. The summed E-state index contributed by atoms with van der Waals surface area (Å²) in [6, 6.07) is 4.59. The van der Waals surface area contributed by atoms with Gasteiger partial charge in [0.15, 0.2) is 0 Å². The summed E-state index contributed by atoms with van der Waals surface area (Å²) in [6.07, 6.45) is -1.61. The van der Waals surface area contributed by atoms with E-state index >= 15 is 0 Å². The molecular weight excluding hydrogens is 240 g/mol. The molecule has 2 aromatic rings. The highest BCUT2D eigenvalue weighted by Gasteiger charge is 2.17. The van der Waals surface area contributed by atoms with Crippen LogP contribution in [0.5, 0.6) is 5.75 Å². The van der Waals surface area contributed by atoms with Crippen LogP contribution in [0.4, 0.5) is 4.79 Å². The Kier molecular flexibility index (Phi) is 2.66. The monoisotopic (exact) mass is 250 g/mol. The molecule has 0 aliphatic heterocycles. The first kappa shape index (κ1) is 11.9. The lowest BCUT2D eigenvalue weighted by Gasteiger charge is -2.10. The van der Waals surface area contributed by atoms with Crippen molar-refractivity contribution in [2.45, 2.75) is 0 Å². The highest BCUT2D eigenvalue weighted by molar-refractivity contribution is 5.85. The van der Waals surface area contributed by atoms with Crippen LogP contribution in [0, 0.1) is 0 Å². The van der Waals surface area contributed by atoms with Crippen LogP contribution in [-0.4, -0.2) is 27.4 Å². The third kappa shape index (κ3) is 1.48. The Morgan fingerprint density at radius 3 is 2.56 bits per heavy atom. The zero-order valence-electron chi connectivity index (χ0n) is 9.71. The molecule has 1 aromatic heterocycles. The Morgan fingerprint density at radius 1 is 1.33 bits per heavy atom. The van der Waals surface area contributed by atoms with Crippen molar-refractivity contribution >= 4 is 17.0 Å². The molecule has 2 rings (SSSR count). The van der Waals surface area contributed by atoms with Gasteiger partial charge in [0, 0.05) is 7.05 Å². The molecule has 7 nitrogen and oxygen atoms in total. The van der Waals surface area contributed by atoms with Gasteiger partial charge in [0.1, 0.15) is 11.3 Å². The fraction of sp³-hybridized carbons (Fsp3) is 0.182. The molecule has 1 N–H and O–H groups in total. The van der Waals surface area contributed by atoms with Gasteiger partial charge in [-0.2, -0.15) is 4.57 Å². The van der Waals surface area contributed by atoms with Crippen LogP contribution >= 0.6 is 0 Å². The number of methoxy groups -OCH3 is 1. The molecule has 0 aliphatic rings. The van der Waals surface area contributed by atoms with Crippen LogP contribution < -0.4 is 16.0 Å². The molecule has 0 fully saturated rings. The number of hydrogen-bond donors (Lipinski definition) is 1. The summed E-state index contributed by atoms with van der Waals surface area (Å²) >= 11 is 0. The molecule has 0 spiro atoms. The number of para-hydroxylation sites is 1. The number of ether oxygens (including phenoxy) is 1. The zero-order valence-corrected chi connectivity index (χ0v) is 9.71. The summed E-state index contributed by atoms with van der Waals surface area (Å²) in [5, 5.41) is 8.99. The maximum atomic E-state index is 11.9. The molecule has 94 valence electrons. The molecule has 0 unspecified atom stereocenters. The van der Waals surface area contributed by atoms with Crippen LogP contribution in [-0.2, 0) is 7.05 Å². The molecule has 0 saturated heterocycles. The minimum Gasteiger partial charge on any atom is -0.495 e. The van der Waals surface area contributed by atoms with Crippen molar-refractivity contribution in [3.05, 3.63) is 39.0 Å². The first-order chi connectivity index (χ1) is 8.49. The van der Waals surface area contributed by atoms with E-state index in [0.717, 1.165) is 4.57 Å². The SMILES string of the molecule is COc1cccc2c(=O)n(C(=O)O)c(=O)n(C)c12. The summed E-state index contributed by atoms with van der Waals surface area (Å²) in [4.78, 5) is 34.6. The topological polar surface area (TPSA) is 90.5 Å². The van der Waals surface area contributed by atoms with Gasteiger partial charge >= 0.3 is 11.8 Å². The molecule has 0 bridgehead atoms. The number of rotatable bonds is 1. The van der Waals surface area contributed by atoms with Gasteiger partial charge in [-0.1, -0.05) is 6.07 Å². The number of carbonyl (C=O) groups is 1. The maximum Gasteiger partial charge on any atom is 0.422 e. The van der Waals surface area contributed by atoms with Crippen molar-refractivity contribution in [3.8, 4) is 5.75 Å². The van der Waals surface area contributed by atoms with Gasteiger partial charge in [-0.05, 0) is 12.1 Å². The minimum absolute atomic E-state index is 0.110. The molecule has 1 aromatic carbocycles. The Morgan fingerprint density at radius 2 is 2.00 bits per heavy atom. The Bertz CT molecular complexity index is 756. The average molecular weight is 250 g/mol. The van der Waals surface area contributed by atoms with Crippen LogP contribution in [0.3, 0.4) is 0 Å². The summed E-state index contributed by atoms with van der Waals surface area (Å²) in [5.41, 5.74) is -1.53. The van der Waals surface area contributed by atoms with E-state index in [0.29, 0.717) is 5.75 Å². The second kappa shape index (κ2) is 4.02. The lowest BCUT2D eigenvalue weighted by Crippen LogP contribution is -2.42. The number of carboxylic acid groups (broad SMARTS) is 1. The third-order valence-corrected chi connectivity index (χ3v) is 2.66. The van der Waals surface area contributed by atoms with Crippen molar-refractivity contribution in [1.82, 2.24) is 9.13 Å². The average Bonchev–Trinajstić information content (AvgIpc) is 2.35. The Hall–Kier alpha value is -2.57. The van der Waals surface area contributed by atoms with Gasteiger partial charge in [0.05, 0.1) is 12.5 Å². The van der Waals surface area contributed by atoms with Gasteiger partial charge in [-0.3, -0.25) is 9.36 Å². The Balaban J connectivity index is 3.13. The molecule has 0 aliphatic carbocycles. The van der Waals surface area contributed by atoms with E-state index in [-0.39, 0.29) is 15.5 Å². The largest absolute Gasteiger partial charge is 0.495 e. The molecule has 0 amide bonds. The van der Waals surface area contributed by atoms with Crippen LogP contribution in [0.15, 0.2) is 27.8 Å². The van der Waals surface area contributed by atoms with E-state index in [4.69, 9.17) is 9.84 Å². The summed E-state index contributed by atoms with van der Waals surface area (Å²) < 4.78 is 6.30. The fourth-order valence-corrected chi connectivity index (χ4v) is 1.83. The third-order valence-electron chi connectivity index (χ3n) is 2.66. The fourth-order valence-electron chi connectivity index (χ4n) is 1.83. The number of aromatic nitrogens is 2. The number of hydrogen-bond acceptors (Lipinski definition) is 4. The lowest BCUT2D eigenvalue weighted by molar-refractivity contribution is 0.193. The minimum atomic E-state index is -1.61. The first-order valence-electron chi connectivity index (χ1n) is 5.01. The van der Waals surface area contributed by atoms with Crippen LogP contribution in [0.25, 0.3) is 10.9 Å². The normalized spacial score (nSPS) is 10.6. The van der Waals surface area contributed by atoms with Gasteiger partial charge in [0.2, 0.25) is 0 Å². The van der Waals surface area contributed by atoms with E-state index in [2.05, 4.69) is 0 Å². The molecule has 0 saturated carbocycles. The smallest absolute Gasteiger partial charge is 0.422 e. The van der Waals surface area contributed by atoms with Crippen LogP contribution in [0.2, 0.25) is 0 Å². The Labute approximate surface area is 100 Å². The van der Waals surface area contributed by atoms with Crippen molar-refractivity contribution in [2.75, 3.05) is 7.11 Å². The van der Waals surface area contributed by atoms with Crippen molar-refractivity contribution in [2.24, 2.45) is 7.05 Å². The number of fused-ring (bicyclic) bond motifs is 1. The standard InChI is InChI=1S/C11H10N2O5/c1-12-8-6(4-3-5-7(8)18-2)9(14)13(10(12)15)11(16)17/h3-5H,1-2H3,(H,16,17). The predicted octanol–water partition coefficient (Wildman–Crippen LogP) is 0.235. The number of benzene rings is 1. The van der Waals surface area contributed by atoms with Crippen molar-refractivity contribution in [3.63, 3.8) is 0 Å². The maximum absolute atomic E-state index is 11.9. The highest BCUT2D eigenvalue weighted by Crippen LogP contribution is 2.20. The van der Waals surface area contributed by atoms with E-state index in [9.17, 15) is 14.4 Å². The number of nitrogens with zero attached hydrogens (tertiary/aromatic N) is 2. The summed E-state index contributed by atoms with van der Waals surface area (Å²) in [7, 11) is 2.79. The second-order valence-corrected chi connectivity index (χ2v) is 3.62. The van der Waals surface area contributed by atoms with Crippen LogP contribution in [0.1, 0.15) is 0 Å². The van der Waals surface area contributed by atoms with E-state index < -0.39 is 17.3 Å². The molecular formula is C11H10N2O5. The van der Waals surface area contributed by atoms with E-state index in [1.807, 2.05) is 0 Å². The van der Waals surface area contributed by atoms with E-state index in [1.54, 1.807) is 12.1 Å². The van der Waals surface area contributed by atoms with Gasteiger partial charge < -0.3 is 9.84 Å². The predicted molar refractivity (Wildman–Crippen MR) is 63.4 cm³/mol. The second-order valence-electron chi connectivity index (χ2n) is 3.62. The summed E-state index contributed by atoms with van der Waals surface area (Å²) in [5.74, 6) is 0.335.